The van der Waals surface area contributed by atoms with Gasteiger partial charge in [0.25, 0.3) is 5.91 Å². The second kappa shape index (κ2) is 2.07. The fourth-order valence-corrected chi connectivity index (χ4v) is 2.03. The Kier molecular flexibility index (Phi) is 1.20. The molecular weight excluding hydrogens is 160 g/mol. The van der Waals surface area contributed by atoms with E-state index in [1.807, 2.05) is 6.07 Å². The molecule has 0 atom stereocenters. The number of carbonyl (C=O) groups excluding carboxylic acids is 1. The van der Waals surface area contributed by atoms with Crippen molar-refractivity contribution in [2.24, 2.45) is 0 Å². The Bertz CT molecular complexity index is 361. The van der Waals surface area contributed by atoms with Crippen molar-refractivity contribution in [2.45, 2.75) is 6.54 Å². The number of nitriles is 1. The van der Waals surface area contributed by atoms with Crippen LogP contribution in [0.1, 0.15) is 20.8 Å². The van der Waals surface area contributed by atoms with Crippen molar-refractivity contribution >= 4 is 17.2 Å². The van der Waals surface area contributed by atoms with E-state index in [-0.39, 0.29) is 5.91 Å². The molecule has 0 bridgehead atoms. The lowest BCUT2D eigenvalue weighted by Gasteiger charge is -1.86. The zero-order valence-electron chi connectivity index (χ0n) is 5.55. The standard InChI is InChI=1S/C7H4N2OS/c8-1-4-3-11-6-5(4)2-9-7(6)10/h3H,2H2,(H,9,10). The largest absolute Gasteiger partial charge is 0.347 e. The summed E-state index contributed by atoms with van der Waals surface area (Å²) < 4.78 is 0. The summed E-state index contributed by atoms with van der Waals surface area (Å²) in [7, 11) is 0. The summed E-state index contributed by atoms with van der Waals surface area (Å²) in [6.07, 6.45) is 0. The number of hydrogen-bond acceptors (Lipinski definition) is 3. The van der Waals surface area contributed by atoms with Crippen molar-refractivity contribution < 1.29 is 4.79 Å². The van der Waals surface area contributed by atoms with E-state index < -0.39 is 0 Å². The number of amides is 1. The molecule has 1 aromatic rings. The number of hydrogen-bond donors (Lipinski definition) is 1. The molecular formula is C7H4N2OS. The van der Waals surface area contributed by atoms with Crippen molar-refractivity contribution in [3.63, 3.8) is 0 Å². The maximum absolute atomic E-state index is 11.0. The van der Waals surface area contributed by atoms with Crippen LogP contribution >= 0.6 is 11.3 Å². The van der Waals surface area contributed by atoms with E-state index in [1.165, 1.54) is 11.3 Å². The number of carbonyl (C=O) groups is 1. The summed E-state index contributed by atoms with van der Waals surface area (Å²) >= 11 is 1.34. The molecule has 2 heterocycles. The number of fused-ring (bicyclic) bond motifs is 1. The van der Waals surface area contributed by atoms with Gasteiger partial charge in [-0.05, 0) is 0 Å². The molecule has 0 aliphatic carbocycles. The minimum atomic E-state index is -0.0495. The summed E-state index contributed by atoms with van der Waals surface area (Å²) in [6, 6.07) is 2.05. The summed E-state index contributed by atoms with van der Waals surface area (Å²) in [4.78, 5) is 11.7. The third kappa shape index (κ3) is 0.748. The number of nitrogens with zero attached hydrogens (tertiary/aromatic N) is 1. The van der Waals surface area contributed by atoms with Gasteiger partial charge in [-0.2, -0.15) is 5.26 Å². The van der Waals surface area contributed by atoms with Gasteiger partial charge >= 0.3 is 0 Å². The van der Waals surface area contributed by atoms with Gasteiger partial charge in [-0.15, -0.1) is 11.3 Å². The molecule has 1 aromatic heterocycles. The summed E-state index contributed by atoms with van der Waals surface area (Å²) in [5.41, 5.74) is 1.49. The molecule has 0 saturated heterocycles. The highest BCUT2D eigenvalue weighted by molar-refractivity contribution is 7.12. The zero-order valence-corrected chi connectivity index (χ0v) is 6.36. The third-order valence-electron chi connectivity index (χ3n) is 1.65. The number of nitrogens with one attached hydrogen (secondary N) is 1. The Morgan fingerprint density at radius 1 is 1.73 bits per heavy atom. The quantitative estimate of drug-likeness (QED) is 0.618. The van der Waals surface area contributed by atoms with Gasteiger partial charge in [-0.1, -0.05) is 0 Å². The molecule has 0 aromatic carbocycles. The number of thiophene rings is 1. The lowest BCUT2D eigenvalue weighted by molar-refractivity contribution is 0.0969. The lowest BCUT2D eigenvalue weighted by atomic mass is 10.2. The Hall–Kier alpha value is -1.34. The van der Waals surface area contributed by atoms with Gasteiger partial charge in [0.05, 0.1) is 10.4 Å². The lowest BCUT2D eigenvalue weighted by Crippen LogP contribution is -2.12. The highest BCUT2D eigenvalue weighted by Crippen LogP contribution is 2.25. The molecule has 0 unspecified atom stereocenters. The van der Waals surface area contributed by atoms with Crippen molar-refractivity contribution in [1.29, 1.82) is 5.26 Å². The molecule has 0 saturated carbocycles. The SMILES string of the molecule is N#Cc1csc2c1CNC2=O. The second-order valence-electron chi connectivity index (χ2n) is 2.25. The monoisotopic (exact) mass is 164 g/mol. The molecule has 1 aliphatic heterocycles. The average molecular weight is 164 g/mol. The first kappa shape index (κ1) is 6.38. The maximum atomic E-state index is 11.0. The molecule has 1 N–H and O–H groups in total. The first-order valence-corrected chi connectivity index (χ1v) is 3.99. The predicted octanol–water partition coefficient (Wildman–Crippen LogP) is 0.863. The van der Waals surface area contributed by atoms with Crippen LogP contribution in [0.4, 0.5) is 0 Å². The van der Waals surface area contributed by atoms with Crippen LogP contribution in [0.5, 0.6) is 0 Å². The molecule has 0 radical (unpaired) electrons. The Labute approximate surface area is 67.3 Å². The Morgan fingerprint density at radius 3 is 3.27 bits per heavy atom. The van der Waals surface area contributed by atoms with Gasteiger partial charge in [0.1, 0.15) is 6.07 Å². The molecule has 1 amide bonds. The predicted molar refractivity (Wildman–Crippen MR) is 40.2 cm³/mol. The fraction of sp³-hybridized carbons (Fsp3) is 0.143. The van der Waals surface area contributed by atoms with Gasteiger partial charge in [-0.3, -0.25) is 4.79 Å². The molecule has 1 aliphatic rings. The first-order valence-electron chi connectivity index (χ1n) is 3.11. The van der Waals surface area contributed by atoms with Crippen LogP contribution in [0.2, 0.25) is 0 Å². The van der Waals surface area contributed by atoms with Gasteiger partial charge in [0, 0.05) is 17.5 Å². The van der Waals surface area contributed by atoms with Gasteiger partial charge < -0.3 is 5.32 Å². The van der Waals surface area contributed by atoms with Crippen molar-refractivity contribution in [1.82, 2.24) is 5.32 Å². The molecule has 0 spiro atoms. The summed E-state index contributed by atoms with van der Waals surface area (Å²) in [5, 5.41) is 13.0. The molecule has 0 fully saturated rings. The van der Waals surface area contributed by atoms with E-state index in [9.17, 15) is 4.79 Å². The topological polar surface area (TPSA) is 52.9 Å². The van der Waals surface area contributed by atoms with Crippen LogP contribution < -0.4 is 5.32 Å². The van der Waals surface area contributed by atoms with E-state index in [1.54, 1.807) is 5.38 Å². The van der Waals surface area contributed by atoms with Crippen LogP contribution in [0.3, 0.4) is 0 Å². The van der Waals surface area contributed by atoms with Crippen LogP contribution in [-0.4, -0.2) is 5.91 Å². The minimum Gasteiger partial charge on any atom is -0.347 e. The van der Waals surface area contributed by atoms with E-state index in [0.717, 1.165) is 5.56 Å². The van der Waals surface area contributed by atoms with E-state index in [2.05, 4.69) is 5.32 Å². The molecule has 4 heteroatoms. The van der Waals surface area contributed by atoms with Crippen LogP contribution in [0.25, 0.3) is 0 Å². The molecule has 11 heavy (non-hydrogen) atoms. The van der Waals surface area contributed by atoms with Crippen LogP contribution in [0.15, 0.2) is 5.38 Å². The summed E-state index contributed by atoms with van der Waals surface area (Å²) in [6.45, 7) is 0.514. The maximum Gasteiger partial charge on any atom is 0.262 e. The molecule has 3 nitrogen and oxygen atoms in total. The average Bonchev–Trinajstić information content (AvgIpc) is 2.53. The smallest absolute Gasteiger partial charge is 0.262 e. The van der Waals surface area contributed by atoms with Crippen molar-refractivity contribution in [3.8, 4) is 6.07 Å². The van der Waals surface area contributed by atoms with Crippen molar-refractivity contribution in [3.05, 3.63) is 21.4 Å². The second-order valence-corrected chi connectivity index (χ2v) is 3.13. The normalized spacial score (nSPS) is 13.9. The first-order chi connectivity index (χ1) is 5.33. The molecule has 2 rings (SSSR count). The Morgan fingerprint density at radius 2 is 2.55 bits per heavy atom. The summed E-state index contributed by atoms with van der Waals surface area (Å²) in [5.74, 6) is -0.0495. The van der Waals surface area contributed by atoms with E-state index >= 15 is 0 Å². The highest BCUT2D eigenvalue weighted by atomic mass is 32.1. The minimum absolute atomic E-state index is 0.0495. The number of rotatable bonds is 0. The van der Waals surface area contributed by atoms with E-state index in [0.29, 0.717) is 17.0 Å². The van der Waals surface area contributed by atoms with Gasteiger partial charge in [-0.25, -0.2) is 0 Å². The molecule has 54 valence electrons. The zero-order chi connectivity index (χ0) is 7.84. The van der Waals surface area contributed by atoms with Gasteiger partial charge in [0.2, 0.25) is 0 Å². The Balaban J connectivity index is 2.63. The third-order valence-corrected chi connectivity index (χ3v) is 2.67. The van der Waals surface area contributed by atoms with Crippen molar-refractivity contribution in [2.75, 3.05) is 0 Å². The van der Waals surface area contributed by atoms with E-state index in [4.69, 9.17) is 5.26 Å². The van der Waals surface area contributed by atoms with Gasteiger partial charge in [0.15, 0.2) is 0 Å². The van der Waals surface area contributed by atoms with Crippen LogP contribution in [-0.2, 0) is 6.54 Å². The fourth-order valence-electron chi connectivity index (χ4n) is 1.09. The highest BCUT2D eigenvalue weighted by Gasteiger charge is 2.23. The van der Waals surface area contributed by atoms with Crippen LogP contribution in [0, 0.1) is 11.3 Å².